The van der Waals surface area contributed by atoms with E-state index in [9.17, 15) is 0 Å². The van der Waals surface area contributed by atoms with Crippen molar-refractivity contribution in [2.75, 3.05) is 0 Å². The van der Waals surface area contributed by atoms with Crippen molar-refractivity contribution in [1.29, 1.82) is 0 Å². The third-order valence-electron chi connectivity index (χ3n) is 13.2. The molecule has 2 bridgehead atoms. The van der Waals surface area contributed by atoms with E-state index < -0.39 is 0 Å². The summed E-state index contributed by atoms with van der Waals surface area (Å²) in [6, 6.07) is 68.0. The van der Waals surface area contributed by atoms with Crippen LogP contribution in [0.15, 0.2) is 219 Å². The Morgan fingerprint density at radius 3 is 0.882 bits per heavy atom. The summed E-state index contributed by atoms with van der Waals surface area (Å²) in [6.07, 6.45) is 7.08. The minimum Gasteiger partial charge on any atom is -0.264 e. The molecular weight excluding hydrogens is 833 g/mol. The minimum absolute atomic E-state index is 0.126. The van der Waals surface area contributed by atoms with Crippen molar-refractivity contribution in [3.63, 3.8) is 0 Å². The van der Waals surface area contributed by atoms with Crippen LogP contribution in [-0.2, 0) is 0 Å². The topological polar surface area (TPSA) is 103 Å². The molecule has 3 aliphatic rings. The number of rotatable bonds is 8. The molecule has 8 nitrogen and oxygen atoms in total. The predicted octanol–water partition coefficient (Wildman–Crippen LogP) is 13.2. The van der Waals surface area contributed by atoms with Gasteiger partial charge in [-0.15, -0.1) is 0 Å². The molecule has 318 valence electrons. The molecule has 68 heavy (non-hydrogen) atoms. The van der Waals surface area contributed by atoms with Gasteiger partial charge >= 0.3 is 0 Å². The fourth-order valence-electron chi connectivity index (χ4n) is 9.89. The van der Waals surface area contributed by atoms with Crippen LogP contribution in [0.4, 0.5) is 0 Å². The number of nitrogens with zero attached hydrogens (tertiary/aromatic N) is 8. The Bertz CT molecular complexity index is 3300. The molecule has 0 amide bonds. The summed E-state index contributed by atoms with van der Waals surface area (Å²) in [6.45, 7) is 0. The van der Waals surface area contributed by atoms with Crippen LogP contribution in [0, 0.1) is 0 Å². The number of hydrogen-bond acceptors (Lipinski definition) is 8. The van der Waals surface area contributed by atoms with E-state index in [-0.39, 0.29) is 11.8 Å². The van der Waals surface area contributed by atoms with Crippen molar-refractivity contribution in [1.82, 2.24) is 39.9 Å². The molecule has 14 rings (SSSR count). The highest BCUT2D eigenvalue weighted by molar-refractivity contribution is 5.78. The Labute approximate surface area is 392 Å². The second kappa shape index (κ2) is 16.4. The van der Waals surface area contributed by atoms with Gasteiger partial charge in [-0.2, -0.15) is 0 Å². The number of benzene rings is 7. The minimum atomic E-state index is 0.126. The van der Waals surface area contributed by atoms with E-state index in [4.69, 9.17) is 29.9 Å². The van der Waals surface area contributed by atoms with Crippen molar-refractivity contribution in [2.45, 2.75) is 11.8 Å². The molecule has 0 aliphatic heterocycles. The fraction of sp³-hybridized carbons (Fsp3) is 0.0333. The van der Waals surface area contributed by atoms with Crippen molar-refractivity contribution in [2.24, 2.45) is 0 Å². The van der Waals surface area contributed by atoms with Gasteiger partial charge in [0, 0.05) is 70.0 Å². The molecule has 4 aromatic heterocycles. The first-order valence-electron chi connectivity index (χ1n) is 22.7. The molecule has 2 unspecified atom stereocenters. The predicted molar refractivity (Wildman–Crippen MR) is 267 cm³/mol. The van der Waals surface area contributed by atoms with Gasteiger partial charge in [-0.3, -0.25) is 9.97 Å². The first-order chi connectivity index (χ1) is 33.7. The summed E-state index contributed by atoms with van der Waals surface area (Å²) in [7, 11) is 0. The average molecular weight is 871 g/mol. The Morgan fingerprint density at radius 2 is 0.515 bits per heavy atom. The molecular formula is C60H38N8. The summed E-state index contributed by atoms with van der Waals surface area (Å²) < 4.78 is 0. The highest BCUT2D eigenvalue weighted by atomic mass is 15.0. The lowest BCUT2D eigenvalue weighted by Gasteiger charge is -2.42. The second-order valence-electron chi connectivity index (χ2n) is 17.2. The Balaban J connectivity index is 0.821. The van der Waals surface area contributed by atoms with Crippen molar-refractivity contribution in [3.05, 3.63) is 252 Å². The van der Waals surface area contributed by atoms with Crippen LogP contribution in [0.2, 0.25) is 0 Å². The first kappa shape index (κ1) is 39.2. The molecule has 2 atom stereocenters. The van der Waals surface area contributed by atoms with Crippen LogP contribution in [0.5, 0.6) is 0 Å². The normalized spacial score (nSPS) is 14.2. The van der Waals surface area contributed by atoms with Gasteiger partial charge < -0.3 is 0 Å². The third-order valence-corrected chi connectivity index (χ3v) is 13.2. The lowest BCUT2D eigenvalue weighted by molar-refractivity contribution is 0.755. The largest absolute Gasteiger partial charge is 0.264 e. The van der Waals surface area contributed by atoms with E-state index in [1.54, 1.807) is 24.8 Å². The van der Waals surface area contributed by atoms with Gasteiger partial charge in [0.15, 0.2) is 34.9 Å². The Morgan fingerprint density at radius 1 is 0.221 bits per heavy atom. The lowest BCUT2D eigenvalue weighted by atomic mass is 9.60. The zero-order valence-corrected chi connectivity index (χ0v) is 36.5. The maximum Gasteiger partial charge on any atom is 0.165 e. The lowest BCUT2D eigenvalue weighted by Crippen LogP contribution is -2.27. The molecule has 0 spiro atoms. The number of hydrogen-bond donors (Lipinski definition) is 0. The average Bonchev–Trinajstić information content (AvgIpc) is 3.43. The molecule has 3 aliphatic carbocycles. The van der Waals surface area contributed by atoms with Gasteiger partial charge in [0.25, 0.3) is 0 Å². The molecule has 8 heteroatoms. The second-order valence-corrected chi connectivity index (χ2v) is 17.2. The van der Waals surface area contributed by atoms with Crippen LogP contribution < -0.4 is 0 Å². The molecule has 11 aromatic rings. The van der Waals surface area contributed by atoms with Crippen molar-refractivity contribution in [3.8, 4) is 90.6 Å². The van der Waals surface area contributed by atoms with E-state index in [1.807, 2.05) is 84.9 Å². The van der Waals surface area contributed by atoms with Crippen LogP contribution in [0.25, 0.3) is 90.6 Å². The summed E-state index contributed by atoms with van der Waals surface area (Å²) in [4.78, 5) is 38.1. The van der Waals surface area contributed by atoms with Crippen LogP contribution in [-0.4, -0.2) is 39.9 Å². The number of pyridine rings is 2. The Hall–Kier alpha value is -9.14. The summed E-state index contributed by atoms with van der Waals surface area (Å²) in [5, 5.41) is 0. The molecule has 0 N–H and O–H groups in total. The zero-order chi connectivity index (χ0) is 45.0. The number of aromatic nitrogens is 8. The molecule has 0 radical (unpaired) electrons. The van der Waals surface area contributed by atoms with Crippen LogP contribution in [0.1, 0.15) is 45.2 Å². The third kappa shape index (κ3) is 6.94. The standard InChI is InChI=1S/C60H38N8/c1-3-11-39(12-4-1)55-63-57(67-59(65-55)45-15-9-31-61-35-45)41-23-19-37(20-24-41)43-27-29-49-51(33-43)53-47-17-7-8-18-48(47)54(49)52-34-44(28-30-50(52)53)38-21-25-42(26-22-38)58-64-56(40-13-5-2-6-14-40)66-60(68-58)46-16-10-32-62-36-46/h1-36,53-54H. The summed E-state index contributed by atoms with van der Waals surface area (Å²) >= 11 is 0. The van der Waals surface area contributed by atoms with Crippen LogP contribution >= 0.6 is 0 Å². The van der Waals surface area contributed by atoms with Crippen molar-refractivity contribution < 1.29 is 0 Å². The van der Waals surface area contributed by atoms with E-state index in [2.05, 4.69) is 119 Å². The molecule has 4 heterocycles. The molecule has 7 aromatic carbocycles. The van der Waals surface area contributed by atoms with E-state index >= 15 is 0 Å². The molecule has 0 fully saturated rings. The molecule has 0 saturated carbocycles. The van der Waals surface area contributed by atoms with Gasteiger partial charge in [0.05, 0.1) is 0 Å². The van der Waals surface area contributed by atoms with Gasteiger partial charge in [-0.25, -0.2) is 29.9 Å². The molecule has 0 saturated heterocycles. The Kier molecular flexibility index (Phi) is 9.45. The SMILES string of the molecule is c1ccc(-c2nc(-c3ccc(-c4ccc5c(c4)C4c6ccccc6C5c5cc(-c6ccc(-c7nc(-c8ccccc8)nc(-c8cccnc8)n7)cc6)ccc54)cc3)nc(-c3cccnc3)n2)cc1. The maximum atomic E-state index is 4.94. The summed E-state index contributed by atoms with van der Waals surface area (Å²) in [5.41, 5.74) is 18.2. The quantitative estimate of drug-likeness (QED) is 0.149. The van der Waals surface area contributed by atoms with E-state index in [1.165, 1.54) is 44.5 Å². The highest BCUT2D eigenvalue weighted by Crippen LogP contribution is 2.56. The maximum absolute atomic E-state index is 4.94. The van der Waals surface area contributed by atoms with Crippen LogP contribution in [0.3, 0.4) is 0 Å². The van der Waals surface area contributed by atoms with E-state index in [0.717, 1.165) is 44.5 Å². The smallest absolute Gasteiger partial charge is 0.165 e. The van der Waals surface area contributed by atoms with Crippen molar-refractivity contribution >= 4 is 0 Å². The van der Waals surface area contributed by atoms with Gasteiger partial charge in [-0.05, 0) is 92.0 Å². The van der Waals surface area contributed by atoms with Gasteiger partial charge in [0.1, 0.15) is 0 Å². The highest BCUT2D eigenvalue weighted by Gasteiger charge is 2.41. The van der Waals surface area contributed by atoms with E-state index in [0.29, 0.717) is 34.9 Å². The van der Waals surface area contributed by atoms with Gasteiger partial charge in [0.2, 0.25) is 0 Å². The monoisotopic (exact) mass is 870 g/mol. The zero-order valence-electron chi connectivity index (χ0n) is 36.5. The fourth-order valence-corrected chi connectivity index (χ4v) is 9.89. The van der Waals surface area contributed by atoms with Gasteiger partial charge in [-0.1, -0.05) is 158 Å². The summed E-state index contributed by atoms with van der Waals surface area (Å²) in [5.74, 6) is 3.91. The first-order valence-corrected chi connectivity index (χ1v) is 22.7.